The molecule has 114 valence electrons. The average molecular weight is 313 g/mol. The topological polar surface area (TPSA) is 58.0 Å². The van der Waals surface area contributed by atoms with E-state index in [0.717, 1.165) is 33.8 Å². The molecule has 3 rings (SSSR count). The Labute approximate surface area is 133 Å². The molecule has 0 radical (unpaired) electrons. The van der Waals surface area contributed by atoms with Crippen LogP contribution in [0.1, 0.15) is 29.3 Å². The zero-order valence-corrected chi connectivity index (χ0v) is 13.5. The van der Waals surface area contributed by atoms with Crippen LogP contribution < -0.4 is 5.32 Å². The lowest BCUT2D eigenvalue weighted by Crippen LogP contribution is -2.13. The Morgan fingerprint density at radius 2 is 2.00 bits per heavy atom. The van der Waals surface area contributed by atoms with Gasteiger partial charge in [-0.1, -0.05) is 37.3 Å². The maximum atomic E-state index is 10.3. The number of rotatable bonds is 5. The lowest BCUT2D eigenvalue weighted by molar-refractivity contribution is 0.191. The van der Waals surface area contributed by atoms with Crippen molar-refractivity contribution in [3.63, 3.8) is 0 Å². The van der Waals surface area contributed by atoms with E-state index in [9.17, 15) is 5.11 Å². The lowest BCUT2D eigenvalue weighted by atomic mass is 10.1. The molecule has 0 saturated heterocycles. The predicted molar refractivity (Wildman–Crippen MR) is 91.4 cm³/mol. The van der Waals surface area contributed by atoms with Crippen LogP contribution in [0.25, 0.3) is 10.2 Å². The van der Waals surface area contributed by atoms with Gasteiger partial charge in [0.05, 0.1) is 11.5 Å². The van der Waals surface area contributed by atoms with E-state index < -0.39 is 6.10 Å². The SMILES string of the molecule is CCc1cc2c(NCC(O)c3ccccc3)nc(C)nc2s1. The minimum atomic E-state index is -0.559. The number of hydrogen-bond donors (Lipinski definition) is 2. The summed E-state index contributed by atoms with van der Waals surface area (Å²) in [7, 11) is 0. The normalized spacial score (nSPS) is 12.5. The molecule has 4 nitrogen and oxygen atoms in total. The van der Waals surface area contributed by atoms with Crippen molar-refractivity contribution < 1.29 is 5.11 Å². The Kier molecular flexibility index (Phi) is 4.36. The van der Waals surface area contributed by atoms with Crippen LogP contribution in [-0.2, 0) is 6.42 Å². The number of aliphatic hydroxyl groups excluding tert-OH is 1. The Balaban J connectivity index is 1.83. The van der Waals surface area contributed by atoms with Gasteiger partial charge in [0.2, 0.25) is 0 Å². The van der Waals surface area contributed by atoms with Crippen molar-refractivity contribution >= 4 is 27.4 Å². The molecule has 1 atom stereocenters. The van der Waals surface area contributed by atoms with E-state index in [-0.39, 0.29) is 0 Å². The number of anilines is 1. The van der Waals surface area contributed by atoms with E-state index in [1.165, 1.54) is 4.88 Å². The molecule has 2 aromatic heterocycles. The second-order valence-corrected chi connectivity index (χ2v) is 6.33. The number of nitrogens with zero attached hydrogens (tertiary/aromatic N) is 2. The summed E-state index contributed by atoms with van der Waals surface area (Å²) >= 11 is 1.70. The number of nitrogens with one attached hydrogen (secondary N) is 1. The molecule has 0 amide bonds. The second kappa shape index (κ2) is 6.42. The first-order valence-electron chi connectivity index (χ1n) is 7.41. The molecule has 5 heteroatoms. The van der Waals surface area contributed by atoms with Gasteiger partial charge in [-0.2, -0.15) is 0 Å². The van der Waals surface area contributed by atoms with Gasteiger partial charge in [0.15, 0.2) is 0 Å². The summed E-state index contributed by atoms with van der Waals surface area (Å²) < 4.78 is 0. The molecule has 2 N–H and O–H groups in total. The van der Waals surface area contributed by atoms with Crippen LogP contribution in [0.3, 0.4) is 0 Å². The van der Waals surface area contributed by atoms with Crippen LogP contribution >= 0.6 is 11.3 Å². The molecule has 0 aliphatic rings. The van der Waals surface area contributed by atoms with Gasteiger partial charge in [0, 0.05) is 11.4 Å². The van der Waals surface area contributed by atoms with Gasteiger partial charge in [0.25, 0.3) is 0 Å². The average Bonchev–Trinajstić information content (AvgIpc) is 2.96. The molecule has 22 heavy (non-hydrogen) atoms. The Morgan fingerprint density at radius 1 is 1.23 bits per heavy atom. The fourth-order valence-electron chi connectivity index (χ4n) is 2.37. The molecule has 1 unspecified atom stereocenters. The highest BCUT2D eigenvalue weighted by Gasteiger charge is 2.12. The van der Waals surface area contributed by atoms with Crippen LogP contribution in [-0.4, -0.2) is 21.6 Å². The third-order valence-electron chi connectivity index (χ3n) is 3.55. The van der Waals surface area contributed by atoms with Crippen molar-refractivity contribution in [1.29, 1.82) is 0 Å². The molecule has 2 heterocycles. The molecule has 0 aliphatic heterocycles. The minimum Gasteiger partial charge on any atom is -0.387 e. The smallest absolute Gasteiger partial charge is 0.138 e. The third kappa shape index (κ3) is 3.10. The summed E-state index contributed by atoms with van der Waals surface area (Å²) in [5.41, 5.74) is 0.900. The largest absolute Gasteiger partial charge is 0.387 e. The van der Waals surface area contributed by atoms with E-state index in [1.807, 2.05) is 37.3 Å². The van der Waals surface area contributed by atoms with Gasteiger partial charge in [-0.3, -0.25) is 0 Å². The van der Waals surface area contributed by atoms with Gasteiger partial charge in [-0.05, 0) is 25.0 Å². The van der Waals surface area contributed by atoms with Crippen molar-refractivity contribution in [1.82, 2.24) is 9.97 Å². The summed E-state index contributed by atoms with van der Waals surface area (Å²) in [4.78, 5) is 11.3. The van der Waals surface area contributed by atoms with Crippen LogP contribution in [0.2, 0.25) is 0 Å². The van der Waals surface area contributed by atoms with Crippen molar-refractivity contribution in [2.45, 2.75) is 26.4 Å². The summed E-state index contributed by atoms with van der Waals surface area (Å²) in [6, 6.07) is 11.8. The fraction of sp³-hybridized carbons (Fsp3) is 0.294. The van der Waals surface area contributed by atoms with Gasteiger partial charge >= 0.3 is 0 Å². The standard InChI is InChI=1S/C17H19N3OS/c1-3-13-9-14-16(19-11(2)20-17(14)22-13)18-10-15(21)12-7-5-4-6-8-12/h4-9,15,21H,3,10H2,1-2H3,(H,18,19,20). The summed E-state index contributed by atoms with van der Waals surface area (Å²) in [5.74, 6) is 1.54. The number of aryl methyl sites for hydroxylation is 2. The van der Waals surface area contributed by atoms with E-state index in [2.05, 4.69) is 28.3 Å². The van der Waals surface area contributed by atoms with Crippen LogP contribution in [0.5, 0.6) is 0 Å². The lowest BCUT2D eigenvalue weighted by Gasteiger charge is -2.13. The highest BCUT2D eigenvalue weighted by Crippen LogP contribution is 2.29. The Bertz CT molecular complexity index is 770. The quantitative estimate of drug-likeness (QED) is 0.754. The first-order valence-corrected chi connectivity index (χ1v) is 8.23. The van der Waals surface area contributed by atoms with E-state index >= 15 is 0 Å². The number of hydrogen-bond acceptors (Lipinski definition) is 5. The minimum absolute atomic E-state index is 0.423. The third-order valence-corrected chi connectivity index (χ3v) is 4.72. The number of benzene rings is 1. The molecule has 3 aromatic rings. The molecule has 1 aromatic carbocycles. The summed E-state index contributed by atoms with van der Waals surface area (Å²) in [5, 5.41) is 14.6. The zero-order chi connectivity index (χ0) is 15.5. The highest BCUT2D eigenvalue weighted by molar-refractivity contribution is 7.18. The van der Waals surface area contributed by atoms with Gasteiger partial charge < -0.3 is 10.4 Å². The van der Waals surface area contributed by atoms with E-state index in [1.54, 1.807) is 11.3 Å². The van der Waals surface area contributed by atoms with Crippen molar-refractivity contribution in [2.75, 3.05) is 11.9 Å². The molecular weight excluding hydrogens is 294 g/mol. The maximum absolute atomic E-state index is 10.3. The Morgan fingerprint density at radius 3 is 2.73 bits per heavy atom. The Hall–Kier alpha value is -1.98. The highest BCUT2D eigenvalue weighted by atomic mass is 32.1. The van der Waals surface area contributed by atoms with E-state index in [0.29, 0.717) is 6.54 Å². The molecule has 0 saturated carbocycles. The predicted octanol–water partition coefficient (Wildman–Crippen LogP) is 3.71. The van der Waals surface area contributed by atoms with Gasteiger partial charge in [0.1, 0.15) is 16.5 Å². The van der Waals surface area contributed by atoms with Gasteiger partial charge in [-0.25, -0.2) is 9.97 Å². The first-order chi connectivity index (χ1) is 10.7. The number of fused-ring (bicyclic) bond motifs is 1. The second-order valence-electron chi connectivity index (χ2n) is 5.21. The summed E-state index contributed by atoms with van der Waals surface area (Å²) in [6.07, 6.45) is 0.433. The van der Waals surface area contributed by atoms with Crippen molar-refractivity contribution in [3.8, 4) is 0 Å². The molecule has 0 bridgehead atoms. The number of thiophene rings is 1. The van der Waals surface area contributed by atoms with Gasteiger partial charge in [-0.15, -0.1) is 11.3 Å². The maximum Gasteiger partial charge on any atom is 0.138 e. The number of aromatic nitrogens is 2. The molecule has 0 fully saturated rings. The monoisotopic (exact) mass is 313 g/mol. The number of aliphatic hydroxyl groups is 1. The first kappa shape index (κ1) is 14.9. The molecule has 0 spiro atoms. The molecule has 0 aliphatic carbocycles. The van der Waals surface area contributed by atoms with Crippen LogP contribution in [0.15, 0.2) is 36.4 Å². The van der Waals surface area contributed by atoms with Crippen LogP contribution in [0, 0.1) is 6.92 Å². The van der Waals surface area contributed by atoms with E-state index in [4.69, 9.17) is 0 Å². The summed E-state index contributed by atoms with van der Waals surface area (Å²) in [6.45, 7) is 4.45. The zero-order valence-electron chi connectivity index (χ0n) is 12.7. The molecular formula is C17H19N3OS. The fourth-order valence-corrected chi connectivity index (χ4v) is 3.39. The van der Waals surface area contributed by atoms with Crippen molar-refractivity contribution in [3.05, 3.63) is 52.7 Å². The van der Waals surface area contributed by atoms with Crippen LogP contribution in [0.4, 0.5) is 5.82 Å². The van der Waals surface area contributed by atoms with Crippen molar-refractivity contribution in [2.24, 2.45) is 0 Å².